The minimum absolute atomic E-state index is 0.0224. The highest BCUT2D eigenvalue weighted by Crippen LogP contribution is 2.17. The number of nitrogens with one attached hydrogen (secondary N) is 1. The summed E-state index contributed by atoms with van der Waals surface area (Å²) in [6.07, 6.45) is -0.181. The van der Waals surface area contributed by atoms with Gasteiger partial charge in [0.15, 0.2) is 0 Å². The predicted molar refractivity (Wildman–Crippen MR) is 73.8 cm³/mol. The Morgan fingerprint density at radius 3 is 2.58 bits per heavy atom. The third-order valence-corrected chi connectivity index (χ3v) is 2.80. The van der Waals surface area contributed by atoms with Crippen molar-refractivity contribution in [3.63, 3.8) is 0 Å². The molecule has 0 heterocycles. The van der Waals surface area contributed by atoms with Crippen LogP contribution in [0.2, 0.25) is 0 Å². The Morgan fingerprint density at radius 2 is 2.05 bits per heavy atom. The third kappa shape index (κ3) is 5.28. The van der Waals surface area contributed by atoms with E-state index in [9.17, 15) is 9.90 Å². The predicted octanol–water partition coefficient (Wildman–Crippen LogP) is 0.972. The Bertz CT molecular complexity index is 392. The van der Waals surface area contributed by atoms with Gasteiger partial charge in [0.2, 0.25) is 5.91 Å². The smallest absolute Gasteiger partial charge is 0.247 e. The van der Waals surface area contributed by atoms with Crippen molar-refractivity contribution in [3.8, 4) is 5.75 Å². The number of carbonyl (C=O) groups is 1. The number of carbonyl (C=O) groups excluding carboxylic acids is 1. The fourth-order valence-electron chi connectivity index (χ4n) is 1.58. The number of benzene rings is 1. The molecule has 106 valence electrons. The summed E-state index contributed by atoms with van der Waals surface area (Å²) in [5, 5.41) is 12.4. The number of hydrogen-bond donors (Lipinski definition) is 3. The van der Waals surface area contributed by atoms with Crippen molar-refractivity contribution in [2.75, 3.05) is 13.2 Å². The maximum absolute atomic E-state index is 10.7. The van der Waals surface area contributed by atoms with Crippen molar-refractivity contribution < 1.29 is 14.6 Å². The molecule has 0 aliphatic rings. The average Bonchev–Trinajstić information content (AvgIpc) is 2.42. The van der Waals surface area contributed by atoms with Crippen LogP contribution in [-0.2, 0) is 4.79 Å². The molecule has 0 aliphatic carbocycles. The van der Waals surface area contributed by atoms with E-state index in [1.165, 1.54) is 0 Å². The molecule has 1 aromatic carbocycles. The van der Waals surface area contributed by atoms with Crippen LogP contribution in [0.3, 0.4) is 0 Å². The van der Waals surface area contributed by atoms with E-state index >= 15 is 0 Å². The number of ether oxygens (including phenoxy) is 1. The Kier molecular flexibility index (Phi) is 6.32. The van der Waals surface area contributed by atoms with Crippen molar-refractivity contribution in [1.82, 2.24) is 5.32 Å². The molecule has 0 radical (unpaired) electrons. The van der Waals surface area contributed by atoms with Gasteiger partial charge in [-0.1, -0.05) is 19.1 Å². The van der Waals surface area contributed by atoms with Crippen molar-refractivity contribution in [2.24, 2.45) is 5.73 Å². The van der Waals surface area contributed by atoms with E-state index in [-0.39, 0.29) is 12.6 Å². The molecule has 0 saturated carbocycles. The van der Waals surface area contributed by atoms with Crippen LogP contribution in [0.4, 0.5) is 0 Å². The Labute approximate surface area is 113 Å². The van der Waals surface area contributed by atoms with Gasteiger partial charge in [-0.2, -0.15) is 0 Å². The lowest BCUT2D eigenvalue weighted by atomic mass is 10.1. The normalized spacial score (nSPS) is 13.8. The fraction of sp³-hybridized carbons (Fsp3) is 0.500. The zero-order valence-corrected chi connectivity index (χ0v) is 11.4. The maximum atomic E-state index is 10.7. The van der Waals surface area contributed by atoms with Crippen molar-refractivity contribution in [1.29, 1.82) is 0 Å². The molecule has 5 heteroatoms. The van der Waals surface area contributed by atoms with Gasteiger partial charge in [-0.25, -0.2) is 0 Å². The summed E-state index contributed by atoms with van der Waals surface area (Å²) in [6, 6.07) is 7.76. The van der Waals surface area contributed by atoms with Gasteiger partial charge in [-0.15, -0.1) is 0 Å². The molecule has 19 heavy (non-hydrogen) atoms. The SMILES string of the molecule is CCCOc1ccc(C(C)NCC(O)C(N)=O)cc1. The molecule has 1 aromatic rings. The van der Waals surface area contributed by atoms with Crippen LogP contribution in [0, 0.1) is 0 Å². The first-order valence-corrected chi connectivity index (χ1v) is 6.48. The Morgan fingerprint density at radius 1 is 1.42 bits per heavy atom. The summed E-state index contributed by atoms with van der Waals surface area (Å²) >= 11 is 0. The zero-order valence-electron chi connectivity index (χ0n) is 11.4. The third-order valence-electron chi connectivity index (χ3n) is 2.80. The average molecular weight is 266 g/mol. The standard InChI is InChI=1S/C14H22N2O3/c1-3-8-19-12-6-4-11(5-7-12)10(2)16-9-13(17)14(15)18/h4-7,10,13,16-17H,3,8-9H2,1-2H3,(H2,15,18). The van der Waals surface area contributed by atoms with Crippen LogP contribution < -0.4 is 15.8 Å². The monoisotopic (exact) mass is 266 g/mol. The molecular formula is C14H22N2O3. The molecule has 0 bridgehead atoms. The molecule has 5 nitrogen and oxygen atoms in total. The maximum Gasteiger partial charge on any atom is 0.247 e. The van der Waals surface area contributed by atoms with E-state index in [1.54, 1.807) is 0 Å². The number of aliphatic hydroxyl groups excluding tert-OH is 1. The van der Waals surface area contributed by atoms with E-state index < -0.39 is 12.0 Å². The molecule has 1 rings (SSSR count). The van der Waals surface area contributed by atoms with E-state index in [2.05, 4.69) is 12.2 Å². The van der Waals surface area contributed by atoms with Crippen molar-refractivity contribution >= 4 is 5.91 Å². The first kappa shape index (κ1) is 15.5. The summed E-state index contributed by atoms with van der Waals surface area (Å²) in [4.78, 5) is 10.7. The summed E-state index contributed by atoms with van der Waals surface area (Å²) in [7, 11) is 0. The van der Waals surface area contributed by atoms with Crippen LogP contribution in [-0.4, -0.2) is 30.3 Å². The summed E-state index contributed by atoms with van der Waals surface area (Å²) in [6.45, 7) is 4.86. The molecule has 0 saturated heterocycles. The highest BCUT2D eigenvalue weighted by atomic mass is 16.5. The molecule has 2 unspecified atom stereocenters. The van der Waals surface area contributed by atoms with Crippen LogP contribution in [0.1, 0.15) is 31.9 Å². The first-order valence-electron chi connectivity index (χ1n) is 6.48. The van der Waals surface area contributed by atoms with Gasteiger partial charge < -0.3 is 20.9 Å². The van der Waals surface area contributed by atoms with Gasteiger partial charge in [0.05, 0.1) is 6.61 Å². The molecule has 0 fully saturated rings. The quantitative estimate of drug-likeness (QED) is 0.654. The van der Waals surface area contributed by atoms with Gasteiger partial charge >= 0.3 is 0 Å². The number of amides is 1. The Hall–Kier alpha value is -1.59. The topological polar surface area (TPSA) is 84.6 Å². The number of hydrogen-bond acceptors (Lipinski definition) is 4. The van der Waals surface area contributed by atoms with Gasteiger partial charge in [0.25, 0.3) is 0 Å². The summed E-state index contributed by atoms with van der Waals surface area (Å²) in [5.74, 6) is 0.123. The van der Waals surface area contributed by atoms with Crippen LogP contribution in [0.15, 0.2) is 24.3 Å². The number of aliphatic hydroxyl groups is 1. The lowest BCUT2D eigenvalue weighted by Gasteiger charge is -2.16. The number of nitrogens with two attached hydrogens (primary N) is 1. The molecule has 1 amide bonds. The second-order valence-electron chi connectivity index (χ2n) is 4.47. The number of primary amides is 1. The summed E-state index contributed by atoms with van der Waals surface area (Å²) < 4.78 is 5.50. The lowest BCUT2D eigenvalue weighted by Crippen LogP contribution is -2.38. The largest absolute Gasteiger partial charge is 0.494 e. The molecular weight excluding hydrogens is 244 g/mol. The molecule has 4 N–H and O–H groups in total. The second kappa shape index (κ2) is 7.76. The number of rotatable bonds is 8. The molecule has 0 aromatic heterocycles. The van der Waals surface area contributed by atoms with E-state index in [4.69, 9.17) is 10.5 Å². The van der Waals surface area contributed by atoms with E-state index in [0.29, 0.717) is 6.61 Å². The second-order valence-corrected chi connectivity index (χ2v) is 4.47. The fourth-order valence-corrected chi connectivity index (χ4v) is 1.58. The van der Waals surface area contributed by atoms with Crippen LogP contribution >= 0.6 is 0 Å². The van der Waals surface area contributed by atoms with Crippen LogP contribution in [0.5, 0.6) is 5.75 Å². The molecule has 2 atom stereocenters. The van der Waals surface area contributed by atoms with Gasteiger partial charge in [-0.3, -0.25) is 4.79 Å². The van der Waals surface area contributed by atoms with Crippen molar-refractivity contribution in [3.05, 3.63) is 29.8 Å². The first-order chi connectivity index (χ1) is 9.04. The van der Waals surface area contributed by atoms with Gasteiger partial charge in [0, 0.05) is 12.6 Å². The lowest BCUT2D eigenvalue weighted by molar-refractivity contribution is -0.125. The van der Waals surface area contributed by atoms with Crippen molar-refractivity contribution in [2.45, 2.75) is 32.4 Å². The minimum Gasteiger partial charge on any atom is -0.494 e. The van der Waals surface area contributed by atoms with Gasteiger partial charge in [0.1, 0.15) is 11.9 Å². The zero-order chi connectivity index (χ0) is 14.3. The Balaban J connectivity index is 2.48. The minimum atomic E-state index is -1.16. The molecule has 0 aliphatic heterocycles. The highest BCUT2D eigenvalue weighted by molar-refractivity contribution is 5.78. The van der Waals surface area contributed by atoms with E-state index in [0.717, 1.165) is 17.7 Å². The summed E-state index contributed by atoms with van der Waals surface area (Å²) in [5.41, 5.74) is 6.04. The van der Waals surface area contributed by atoms with Gasteiger partial charge in [-0.05, 0) is 31.0 Å². The van der Waals surface area contributed by atoms with Crippen LogP contribution in [0.25, 0.3) is 0 Å². The highest BCUT2D eigenvalue weighted by Gasteiger charge is 2.12. The van der Waals surface area contributed by atoms with E-state index in [1.807, 2.05) is 31.2 Å². The molecule has 0 spiro atoms.